The molecular formula is C28H36N2O5S. The van der Waals surface area contributed by atoms with Gasteiger partial charge >= 0.3 is 5.97 Å². The zero-order chi connectivity index (χ0) is 25.5. The van der Waals surface area contributed by atoms with Crippen molar-refractivity contribution < 1.29 is 23.3 Å². The van der Waals surface area contributed by atoms with Gasteiger partial charge in [0.15, 0.2) is 0 Å². The van der Waals surface area contributed by atoms with Gasteiger partial charge in [0.05, 0.1) is 24.7 Å². The predicted octanol–water partition coefficient (Wildman–Crippen LogP) is 4.58. The number of carbonyl (C=O) groups is 2. The molecule has 1 aliphatic carbocycles. The minimum Gasteiger partial charge on any atom is -0.497 e. The van der Waals surface area contributed by atoms with Crippen molar-refractivity contribution in [1.82, 2.24) is 9.21 Å². The fourth-order valence-electron chi connectivity index (χ4n) is 5.19. The highest BCUT2D eigenvalue weighted by molar-refractivity contribution is 7.82. The Balaban J connectivity index is 1.56. The van der Waals surface area contributed by atoms with Crippen molar-refractivity contribution in [3.8, 4) is 5.75 Å². The molecular weight excluding hydrogens is 476 g/mol. The van der Waals surface area contributed by atoms with Crippen LogP contribution >= 0.6 is 0 Å². The summed E-state index contributed by atoms with van der Waals surface area (Å²) in [7, 11) is 1.54. The molecule has 36 heavy (non-hydrogen) atoms. The van der Waals surface area contributed by atoms with Gasteiger partial charge in [-0.1, -0.05) is 31.4 Å². The number of ether oxygens (including phenoxy) is 2. The summed E-state index contributed by atoms with van der Waals surface area (Å²) in [6.07, 6.45) is 7.20. The number of nitrogens with zero attached hydrogens (tertiary/aromatic N) is 2. The van der Waals surface area contributed by atoms with Gasteiger partial charge in [-0.05, 0) is 67.6 Å². The van der Waals surface area contributed by atoms with E-state index in [1.54, 1.807) is 19.2 Å². The normalized spacial score (nSPS) is 19.6. The number of hydrogen-bond donors (Lipinski definition) is 0. The Morgan fingerprint density at radius 1 is 0.944 bits per heavy atom. The number of esters is 1. The molecule has 1 saturated heterocycles. The van der Waals surface area contributed by atoms with Gasteiger partial charge in [0.25, 0.3) is 0 Å². The minimum absolute atomic E-state index is 0.0329. The molecule has 7 nitrogen and oxygen atoms in total. The Morgan fingerprint density at radius 3 is 2.28 bits per heavy atom. The number of likely N-dealkylation sites (tertiary alicyclic amines) is 1. The summed E-state index contributed by atoms with van der Waals surface area (Å²) in [5, 5.41) is 0. The molecule has 2 aliphatic rings. The maximum atomic E-state index is 13.9. The van der Waals surface area contributed by atoms with Crippen LogP contribution in [0.25, 0.3) is 0 Å². The van der Waals surface area contributed by atoms with Crippen molar-refractivity contribution in [2.24, 2.45) is 5.92 Å². The van der Waals surface area contributed by atoms with Gasteiger partial charge in [0.1, 0.15) is 16.7 Å². The molecule has 2 atom stereocenters. The number of carbonyl (C=O) groups excluding carboxylic acids is 2. The van der Waals surface area contributed by atoms with Crippen LogP contribution < -0.4 is 4.74 Å². The molecule has 2 fully saturated rings. The van der Waals surface area contributed by atoms with E-state index in [-0.39, 0.29) is 23.8 Å². The van der Waals surface area contributed by atoms with Crippen molar-refractivity contribution in [1.29, 1.82) is 0 Å². The number of methoxy groups -OCH3 is 2. The summed E-state index contributed by atoms with van der Waals surface area (Å²) in [6, 6.07) is 14.5. The van der Waals surface area contributed by atoms with Crippen molar-refractivity contribution in [2.75, 3.05) is 27.3 Å². The third kappa shape index (κ3) is 6.34. The van der Waals surface area contributed by atoms with Crippen molar-refractivity contribution >= 4 is 22.9 Å². The highest BCUT2D eigenvalue weighted by atomic mass is 32.2. The molecule has 8 heteroatoms. The summed E-state index contributed by atoms with van der Waals surface area (Å²) in [6.45, 7) is 1.79. The molecule has 2 aromatic rings. The molecule has 2 unspecified atom stereocenters. The molecule has 0 radical (unpaired) electrons. The van der Waals surface area contributed by atoms with Crippen molar-refractivity contribution in [3.63, 3.8) is 0 Å². The average molecular weight is 513 g/mol. The maximum Gasteiger partial charge on any atom is 0.337 e. The van der Waals surface area contributed by atoms with E-state index >= 15 is 0 Å². The lowest BCUT2D eigenvalue weighted by Crippen LogP contribution is -2.51. The first-order valence-electron chi connectivity index (χ1n) is 12.8. The van der Waals surface area contributed by atoms with Gasteiger partial charge < -0.3 is 14.4 Å². The Kier molecular flexibility index (Phi) is 9.15. The first kappa shape index (κ1) is 26.4. The molecule has 0 N–H and O–H groups in total. The first-order chi connectivity index (χ1) is 17.5. The van der Waals surface area contributed by atoms with Crippen LogP contribution in [-0.2, 0) is 27.1 Å². The fraction of sp³-hybridized carbons (Fsp3) is 0.500. The molecule has 1 aliphatic heterocycles. The zero-order valence-electron chi connectivity index (χ0n) is 21.2. The Labute approximate surface area is 216 Å². The molecule has 0 bridgehead atoms. The van der Waals surface area contributed by atoms with Gasteiger partial charge in [0.2, 0.25) is 5.91 Å². The zero-order valence-corrected chi connectivity index (χ0v) is 22.0. The predicted molar refractivity (Wildman–Crippen MR) is 139 cm³/mol. The Hall–Kier alpha value is -2.71. The van der Waals surface area contributed by atoms with Crippen LogP contribution in [0.5, 0.6) is 5.75 Å². The average Bonchev–Trinajstić information content (AvgIpc) is 2.95. The third-order valence-electron chi connectivity index (χ3n) is 7.26. The number of amides is 1. The van der Waals surface area contributed by atoms with Crippen LogP contribution in [0.3, 0.4) is 0 Å². The molecule has 1 saturated carbocycles. The van der Waals surface area contributed by atoms with Gasteiger partial charge in [-0.25, -0.2) is 13.3 Å². The van der Waals surface area contributed by atoms with Crippen LogP contribution in [0.4, 0.5) is 0 Å². The molecule has 1 heterocycles. The van der Waals surface area contributed by atoms with Crippen LogP contribution in [0.1, 0.15) is 60.9 Å². The minimum atomic E-state index is -1.43. The number of rotatable bonds is 8. The Morgan fingerprint density at radius 2 is 1.64 bits per heavy atom. The van der Waals surface area contributed by atoms with Crippen LogP contribution in [-0.4, -0.2) is 58.6 Å². The lowest BCUT2D eigenvalue weighted by molar-refractivity contribution is -0.138. The molecule has 0 spiro atoms. The molecule has 4 rings (SSSR count). The summed E-state index contributed by atoms with van der Waals surface area (Å²) >= 11 is 0. The summed E-state index contributed by atoms with van der Waals surface area (Å²) in [4.78, 5) is 27.8. The summed E-state index contributed by atoms with van der Waals surface area (Å²) < 4.78 is 25.9. The number of benzene rings is 2. The quantitative estimate of drug-likeness (QED) is 0.484. The first-order valence-corrected chi connectivity index (χ1v) is 13.9. The van der Waals surface area contributed by atoms with E-state index in [2.05, 4.69) is 0 Å². The van der Waals surface area contributed by atoms with Crippen LogP contribution in [0.2, 0.25) is 0 Å². The van der Waals surface area contributed by atoms with E-state index in [0.29, 0.717) is 29.3 Å². The maximum absolute atomic E-state index is 13.9. The van der Waals surface area contributed by atoms with E-state index in [1.807, 2.05) is 45.6 Å². The second-order valence-corrected chi connectivity index (χ2v) is 11.0. The smallest absolute Gasteiger partial charge is 0.337 e. The largest absolute Gasteiger partial charge is 0.497 e. The number of piperidine rings is 1. The topological polar surface area (TPSA) is 76.2 Å². The van der Waals surface area contributed by atoms with Crippen molar-refractivity contribution in [3.05, 3.63) is 59.7 Å². The molecule has 0 aromatic heterocycles. The molecule has 2 aromatic carbocycles. The lowest BCUT2D eigenvalue weighted by atomic mass is 9.87. The van der Waals surface area contributed by atoms with Crippen LogP contribution in [0, 0.1) is 5.92 Å². The summed E-state index contributed by atoms with van der Waals surface area (Å²) in [5.74, 6) is 0.716. The second-order valence-electron chi connectivity index (χ2n) is 9.60. The Bertz CT molecular complexity index is 1050. The van der Waals surface area contributed by atoms with Crippen molar-refractivity contribution in [2.45, 2.75) is 62.4 Å². The van der Waals surface area contributed by atoms with Gasteiger partial charge in [0, 0.05) is 31.6 Å². The van der Waals surface area contributed by atoms with E-state index in [4.69, 9.17) is 9.47 Å². The number of hydrogen-bond acceptors (Lipinski definition) is 5. The van der Waals surface area contributed by atoms with Crippen LogP contribution in [0.15, 0.2) is 53.4 Å². The SMILES string of the molecule is COC(=O)c1ccc(CN(C2CCCN(C(=O)C3CCCCC3)C2)S(=O)c2ccc(OC)cc2)cc1. The third-order valence-corrected chi connectivity index (χ3v) is 8.79. The molecule has 194 valence electrons. The van der Waals surface area contributed by atoms with Gasteiger partial charge in [-0.3, -0.25) is 4.79 Å². The van der Waals surface area contributed by atoms with E-state index in [1.165, 1.54) is 13.5 Å². The summed E-state index contributed by atoms with van der Waals surface area (Å²) in [5.41, 5.74) is 1.42. The van der Waals surface area contributed by atoms with E-state index < -0.39 is 11.0 Å². The van der Waals surface area contributed by atoms with Gasteiger partial charge in [-0.2, -0.15) is 0 Å². The second kappa shape index (κ2) is 12.5. The monoisotopic (exact) mass is 512 g/mol. The van der Waals surface area contributed by atoms with Gasteiger partial charge in [-0.15, -0.1) is 0 Å². The highest BCUT2D eigenvalue weighted by Gasteiger charge is 2.34. The standard InChI is InChI=1S/C28H36N2O5S/c1-34-25-14-16-26(17-15-25)36(33)30(19-21-10-12-23(13-11-21)28(32)35-2)24-9-6-18-29(20-24)27(31)22-7-4-3-5-8-22/h10-17,22,24H,3-9,18-20H2,1-2H3. The lowest BCUT2D eigenvalue weighted by Gasteiger charge is -2.40. The fourth-order valence-corrected chi connectivity index (χ4v) is 6.54. The van der Waals surface area contributed by atoms with E-state index in [0.717, 1.165) is 50.6 Å². The molecule has 1 amide bonds. The van der Waals surface area contributed by atoms with E-state index in [9.17, 15) is 13.8 Å². The highest BCUT2D eigenvalue weighted by Crippen LogP contribution is 2.29.